The molecule has 132 heavy (non-hydrogen) atoms. The van der Waals surface area contributed by atoms with Crippen LogP contribution in [-0.4, -0.2) is 131 Å². The minimum absolute atomic E-state index is 0. The van der Waals surface area contributed by atoms with E-state index in [1.807, 2.05) is 27.3 Å². The fourth-order valence-corrected chi connectivity index (χ4v) is 29.2. The number of allylic oxidation sites excluding steroid dienone is 2. The molecule has 4 atom stereocenters. The Balaban J connectivity index is -0.0000000466. The zero-order valence-electron chi connectivity index (χ0n) is 93.6. The van der Waals surface area contributed by atoms with E-state index in [1.54, 1.807) is 13.2 Å². The van der Waals surface area contributed by atoms with Gasteiger partial charge in [0, 0.05) is 41.2 Å². The second-order valence-electron chi connectivity index (χ2n) is 39.2. The molecule has 10 nitrogen and oxygen atoms in total. The van der Waals surface area contributed by atoms with Crippen LogP contribution >= 0.6 is 0 Å². The van der Waals surface area contributed by atoms with Crippen LogP contribution in [0.25, 0.3) is 0 Å². The summed E-state index contributed by atoms with van der Waals surface area (Å²) >= 11 is 0. The average Bonchev–Trinajstić information content (AvgIpc) is 1.85. The summed E-state index contributed by atoms with van der Waals surface area (Å²) in [7, 11) is -6.45. The van der Waals surface area contributed by atoms with E-state index in [-0.39, 0.29) is 211 Å². The summed E-state index contributed by atoms with van der Waals surface area (Å²) in [5, 5.41) is 27.7. The van der Waals surface area contributed by atoms with Crippen molar-refractivity contribution in [2.24, 2.45) is 29.6 Å². The zero-order chi connectivity index (χ0) is 85.8. The van der Waals surface area contributed by atoms with Crippen molar-refractivity contribution in [1.29, 1.82) is 0 Å². The van der Waals surface area contributed by atoms with Crippen molar-refractivity contribution >= 4 is 69.8 Å². The van der Waals surface area contributed by atoms with Crippen molar-refractivity contribution < 1.29 is 150 Å². The molecule has 0 heterocycles. The topological polar surface area (TPSA) is 149 Å². The third kappa shape index (κ3) is 118. The van der Waals surface area contributed by atoms with Gasteiger partial charge in [-0.1, -0.05) is 426 Å². The van der Waals surface area contributed by atoms with Gasteiger partial charge in [0.1, 0.15) is 20.4 Å². The minimum atomic E-state index is -1.82. The molecule has 11 aliphatic rings. The summed E-state index contributed by atoms with van der Waals surface area (Å²) < 4.78 is 22.7. The molecule has 816 valence electrons. The molecule has 11 fully saturated rings. The van der Waals surface area contributed by atoms with Gasteiger partial charge >= 0.3 is 102 Å². The summed E-state index contributed by atoms with van der Waals surface area (Å²) in [5.74, 6) is 5.03. The van der Waals surface area contributed by atoms with Gasteiger partial charge in [0.15, 0.2) is 16.6 Å². The molecule has 11 aliphatic carbocycles. The molecule has 0 aromatic carbocycles. The maximum absolute atomic E-state index is 9.29. The molecule has 4 unspecified atom stereocenters. The van der Waals surface area contributed by atoms with Crippen LogP contribution in [0.15, 0.2) is 24.8 Å². The Morgan fingerprint density at radius 1 is 0.318 bits per heavy atom. The van der Waals surface area contributed by atoms with Crippen molar-refractivity contribution in [3.63, 3.8) is 0 Å². The Hall–Kier alpha value is 2.63. The zero-order valence-corrected chi connectivity index (χ0v) is 106. The van der Waals surface area contributed by atoms with Crippen molar-refractivity contribution in [3.05, 3.63) is 114 Å². The summed E-state index contributed by atoms with van der Waals surface area (Å²) in [6.45, 7) is 52.9. The number of aliphatic hydroxyl groups excluding tert-OH is 3. The van der Waals surface area contributed by atoms with Gasteiger partial charge < -0.3 is 137 Å². The predicted octanol–water partition coefficient (Wildman–Crippen LogP) is 36.9. The molecule has 3 N–H and O–H groups in total. The largest absolute Gasteiger partial charge is 2.00 e. The van der Waals surface area contributed by atoms with Crippen molar-refractivity contribution in [2.75, 3.05) is 45.6 Å². The number of rotatable bonds is 29. The minimum Gasteiger partial charge on any atom is -0.418 e. The first-order valence-electron chi connectivity index (χ1n) is 48.6. The Labute approximate surface area is 909 Å². The van der Waals surface area contributed by atoms with E-state index >= 15 is 0 Å². The van der Waals surface area contributed by atoms with Gasteiger partial charge in [0.05, 0.1) is 20.5 Å². The summed E-state index contributed by atoms with van der Waals surface area (Å²) in [4.78, 5) is 24.0. The second kappa shape index (κ2) is 132. The number of carbonyl (C=O) groups is 3. The predicted molar refractivity (Wildman–Crippen MR) is 601 cm³/mol. The molecule has 0 aromatic rings. The van der Waals surface area contributed by atoms with Crippen LogP contribution in [0.2, 0.25) is 107 Å². The number of hydrogen-bond donors (Lipinski definition) is 3. The van der Waals surface area contributed by atoms with Gasteiger partial charge in [0.25, 0.3) is 0 Å². The standard InChI is InChI=1S/C12H26OSi.C11H22O2Si.C11H24OSi.C10H22O2Si.C10H22OSi.C10H22Si.6C5H10.3CH2O.CH4.12CH3.6Fe/c1-4-13-14(2,3)11-7-10-12-8-5-6-9-12;1-5-11(3)8-7-9-14(4,10-12)13-6-2;1-4-12-13(2,3)10-9-11-7-5-6-8-11;1-12-13(2,9-11)8-7-10-5-3-4-6-10;1-9(12(2,3)8-11)10-6-4-5-7-10;1-9(11(2,3)4)10-7-5-6-8-10;6*1-2-4-5-3-1;3*1-2;;;;;;;;;;;;;;;;;;;/h12H,4-11H2,1-3H3;5,12H,1,3,6-10H2,2,4H3;11H,4-10H2,1-3H3;10-11H,3-9H2,1-2H3;9-11H,4-8H2,1-3H3;9-10H,5-8H2,1-4H3;6*1-5H2;3*1H2;1H4;12*1H3;;;;;;/q;;;;;;;;;;;;;;;;12*-1;6*+2. The first-order valence-corrected chi connectivity index (χ1v) is 67.3. The molecule has 0 amide bonds. The van der Waals surface area contributed by atoms with Crippen molar-refractivity contribution in [2.45, 2.75) is 509 Å². The maximum atomic E-state index is 9.29. The molecule has 11 saturated carbocycles. The Bertz CT molecular complexity index is 1880. The van der Waals surface area contributed by atoms with Crippen LogP contribution in [0.3, 0.4) is 0 Å². The molecule has 0 radical (unpaired) electrons. The van der Waals surface area contributed by atoms with E-state index in [2.05, 4.69) is 113 Å². The fourth-order valence-electron chi connectivity index (χ4n) is 18.0. The molecule has 0 spiro atoms. The Morgan fingerprint density at radius 2 is 0.545 bits per heavy atom. The maximum Gasteiger partial charge on any atom is 2.00 e. The van der Waals surface area contributed by atoms with Crippen LogP contribution in [0.1, 0.15) is 402 Å². The molecular weight excluding hydrogens is 1980 g/mol. The van der Waals surface area contributed by atoms with Crippen LogP contribution in [0.5, 0.6) is 0 Å². The van der Waals surface area contributed by atoms with Gasteiger partial charge in [-0.15, -0.1) is 0 Å². The van der Waals surface area contributed by atoms with Gasteiger partial charge in [-0.2, -0.15) is 0 Å². The Morgan fingerprint density at radius 3 is 0.765 bits per heavy atom. The summed E-state index contributed by atoms with van der Waals surface area (Å²) in [6.07, 6.45) is 84.5. The third-order valence-corrected chi connectivity index (χ3v) is 45.2. The monoisotopic (exact) mass is 2230 g/mol. The quantitative estimate of drug-likeness (QED) is 0.0375. The van der Waals surface area contributed by atoms with E-state index < -0.39 is 49.4 Å². The molecule has 0 aromatic heterocycles. The van der Waals surface area contributed by atoms with Crippen LogP contribution < -0.4 is 0 Å². The number of aliphatic hydroxyl groups is 3. The molecular formula is C110H244Fe6O10Si6. The first kappa shape index (κ1) is 193. The molecule has 0 saturated heterocycles. The first-order chi connectivity index (χ1) is 54.1. The average molecular weight is 2230 g/mol. The van der Waals surface area contributed by atoms with E-state index in [0.29, 0.717) is 12.8 Å². The smallest absolute Gasteiger partial charge is 0.418 e. The normalized spacial score (nSPS) is 17.5. The Kier molecular flexibility index (Phi) is 192. The van der Waals surface area contributed by atoms with Gasteiger partial charge in [-0.3, -0.25) is 0 Å². The van der Waals surface area contributed by atoms with Crippen LogP contribution in [0.4, 0.5) is 0 Å². The number of carbonyl (C=O) groups excluding carboxylic acids is 3. The second-order valence-corrected chi connectivity index (χ2v) is 66.8. The molecule has 22 heteroatoms. The SMILES string of the molecule is C.C1CCCC1.C1CCCC1.C1CCCC1.C1CCCC1.C1CCCC1.C1CCCC1.C=CC(=C)CCC[Si](C)(CO)OCC.C=O.C=O.C=O.CC(C1CCCC1)[Si](C)(C)C.CC(C1CCCC1)[Si](C)(C)CO.CCO[Si](C)(C)CCC1CCCC1.CCO[Si](C)(C)CCCC1CCCC1.CO[Si](C)(CO)CCC1CCCC1.[CH3-].[CH3-].[CH3-].[CH3-].[CH3-].[CH3-].[CH3-].[CH3-].[CH3-].[CH3-].[CH3-].[CH3-].[Fe+2].[Fe+2].[Fe+2].[Fe+2].[Fe+2].[Fe+2]. The third-order valence-electron chi connectivity index (χ3n) is 27.0. The van der Waals surface area contributed by atoms with Crippen molar-refractivity contribution in [1.82, 2.24) is 0 Å². The van der Waals surface area contributed by atoms with E-state index in [0.717, 1.165) is 84.4 Å². The van der Waals surface area contributed by atoms with Gasteiger partial charge in [0.2, 0.25) is 16.6 Å². The van der Waals surface area contributed by atoms with Gasteiger partial charge in [-0.25, -0.2) is 0 Å². The van der Waals surface area contributed by atoms with E-state index in [1.165, 1.54) is 359 Å². The summed E-state index contributed by atoms with van der Waals surface area (Å²) in [5.41, 5.74) is 2.92. The molecule has 11 rings (SSSR count). The number of hydrogen-bond acceptors (Lipinski definition) is 10. The van der Waals surface area contributed by atoms with E-state index in [9.17, 15) is 15.3 Å². The molecule has 0 bridgehead atoms. The van der Waals surface area contributed by atoms with Crippen LogP contribution in [-0.2, 0) is 134 Å². The summed E-state index contributed by atoms with van der Waals surface area (Å²) in [6, 6.07) is 4.84. The molecule has 0 aliphatic heterocycles. The van der Waals surface area contributed by atoms with Crippen LogP contribution in [0, 0.1) is 119 Å². The van der Waals surface area contributed by atoms with Gasteiger partial charge in [-0.05, 0) is 138 Å². The van der Waals surface area contributed by atoms with Crippen molar-refractivity contribution in [3.8, 4) is 0 Å². The fraction of sp³-hybridized carbons (Fsp3) is 0.827. The van der Waals surface area contributed by atoms with E-state index in [4.69, 9.17) is 32.1 Å².